The highest BCUT2D eigenvalue weighted by Gasteiger charge is 2.38. The minimum absolute atomic E-state index is 0.00844. The Kier molecular flexibility index (Phi) is 5.08. The maximum Gasteiger partial charge on any atom is 0.225 e. The van der Waals surface area contributed by atoms with E-state index in [1.165, 1.54) is 25.7 Å². The Morgan fingerprint density at radius 2 is 1.68 bits per heavy atom. The van der Waals surface area contributed by atoms with Gasteiger partial charge in [0.15, 0.2) is 0 Å². The summed E-state index contributed by atoms with van der Waals surface area (Å²) in [5.41, 5.74) is 6.05. The van der Waals surface area contributed by atoms with Crippen LogP contribution in [0.1, 0.15) is 71.1 Å². The van der Waals surface area contributed by atoms with Gasteiger partial charge in [0, 0.05) is 30.7 Å². The van der Waals surface area contributed by atoms with Gasteiger partial charge in [-0.05, 0) is 45.4 Å². The van der Waals surface area contributed by atoms with E-state index in [0.717, 1.165) is 57.7 Å². The quantitative estimate of drug-likeness (QED) is 0.842. The van der Waals surface area contributed by atoms with E-state index in [1.807, 2.05) is 0 Å². The zero-order chi connectivity index (χ0) is 15.6. The van der Waals surface area contributed by atoms with Crippen molar-refractivity contribution >= 4 is 5.91 Å². The molecule has 2 aliphatic carbocycles. The van der Waals surface area contributed by atoms with Crippen molar-refractivity contribution in [3.05, 3.63) is 0 Å². The normalized spacial score (nSPS) is 35.6. The Hall–Kier alpha value is -0.610. The summed E-state index contributed by atoms with van der Waals surface area (Å²) >= 11 is 0. The number of carbonyl (C=O) groups is 1. The van der Waals surface area contributed by atoms with Gasteiger partial charge in [-0.25, -0.2) is 0 Å². The number of amides is 1. The Labute approximate surface area is 135 Å². The van der Waals surface area contributed by atoms with Crippen molar-refractivity contribution in [3.63, 3.8) is 0 Å². The lowest BCUT2D eigenvalue weighted by Gasteiger charge is -2.40. The molecule has 2 saturated carbocycles. The smallest absolute Gasteiger partial charge is 0.225 e. The fraction of sp³-hybridized carbons (Fsp3) is 0.944. The summed E-state index contributed by atoms with van der Waals surface area (Å²) in [6.45, 7) is 4.36. The zero-order valence-corrected chi connectivity index (χ0v) is 14.2. The fourth-order valence-electron chi connectivity index (χ4n) is 4.77. The van der Waals surface area contributed by atoms with Crippen molar-refractivity contribution in [2.45, 2.75) is 88.8 Å². The molecule has 4 heteroatoms. The van der Waals surface area contributed by atoms with Gasteiger partial charge in [0.1, 0.15) is 0 Å². The van der Waals surface area contributed by atoms with Crippen LogP contribution in [-0.4, -0.2) is 41.5 Å². The number of piperidine rings is 1. The first kappa shape index (κ1) is 16.3. The molecule has 126 valence electrons. The van der Waals surface area contributed by atoms with Gasteiger partial charge in [0.25, 0.3) is 0 Å². The third-order valence-corrected chi connectivity index (χ3v) is 6.29. The number of nitrogens with two attached hydrogens (primary N) is 1. The topological polar surface area (TPSA) is 58.4 Å². The van der Waals surface area contributed by atoms with E-state index < -0.39 is 0 Å². The Morgan fingerprint density at radius 1 is 1.05 bits per heavy atom. The molecule has 0 aromatic carbocycles. The van der Waals surface area contributed by atoms with Crippen LogP contribution in [0.2, 0.25) is 0 Å². The lowest BCUT2D eigenvalue weighted by Crippen LogP contribution is -2.55. The van der Waals surface area contributed by atoms with Crippen molar-refractivity contribution in [3.8, 4) is 0 Å². The molecule has 3 N–H and O–H groups in total. The summed E-state index contributed by atoms with van der Waals surface area (Å²) in [5, 5.41) is 3.31. The summed E-state index contributed by atoms with van der Waals surface area (Å²) in [6.07, 6.45) is 12.0. The Bertz CT molecular complexity index is 382. The Balaban J connectivity index is 1.46. The molecule has 22 heavy (non-hydrogen) atoms. The van der Waals surface area contributed by atoms with Crippen molar-refractivity contribution in [2.75, 3.05) is 13.1 Å². The van der Waals surface area contributed by atoms with E-state index in [9.17, 15) is 4.79 Å². The molecule has 2 unspecified atom stereocenters. The van der Waals surface area contributed by atoms with Crippen LogP contribution < -0.4 is 11.1 Å². The second-order valence-electron chi connectivity index (χ2n) is 8.06. The predicted octanol–water partition coefficient (Wildman–Crippen LogP) is 2.42. The molecule has 1 heterocycles. The zero-order valence-electron chi connectivity index (χ0n) is 14.2. The van der Waals surface area contributed by atoms with Crippen LogP contribution in [0.4, 0.5) is 0 Å². The molecular formula is C18H33N3O. The van der Waals surface area contributed by atoms with Crippen LogP contribution in [0.5, 0.6) is 0 Å². The van der Waals surface area contributed by atoms with E-state index in [2.05, 4.69) is 17.1 Å². The number of carbonyl (C=O) groups excluding carboxylic acids is 1. The molecule has 1 aliphatic heterocycles. The first-order chi connectivity index (χ1) is 10.6. The first-order valence-corrected chi connectivity index (χ1v) is 9.39. The predicted molar refractivity (Wildman–Crippen MR) is 89.5 cm³/mol. The Morgan fingerprint density at radius 3 is 2.32 bits per heavy atom. The summed E-state index contributed by atoms with van der Waals surface area (Å²) in [6, 6.07) is 1.19. The van der Waals surface area contributed by atoms with Crippen LogP contribution >= 0.6 is 0 Å². The van der Waals surface area contributed by atoms with Crippen molar-refractivity contribution in [1.29, 1.82) is 0 Å². The highest BCUT2D eigenvalue weighted by atomic mass is 16.2. The minimum Gasteiger partial charge on any atom is -0.353 e. The summed E-state index contributed by atoms with van der Waals surface area (Å²) < 4.78 is 0. The lowest BCUT2D eigenvalue weighted by atomic mass is 9.74. The van der Waals surface area contributed by atoms with Crippen LogP contribution in [0.15, 0.2) is 0 Å². The van der Waals surface area contributed by atoms with Gasteiger partial charge in [0.2, 0.25) is 5.91 Å². The maximum atomic E-state index is 12.6. The average Bonchev–Trinajstić information content (AvgIpc) is 3.01. The maximum absolute atomic E-state index is 12.6. The highest BCUT2D eigenvalue weighted by Crippen LogP contribution is 2.32. The van der Waals surface area contributed by atoms with Crippen LogP contribution in [0, 0.1) is 5.92 Å². The van der Waals surface area contributed by atoms with E-state index in [1.54, 1.807) is 0 Å². The van der Waals surface area contributed by atoms with E-state index in [-0.39, 0.29) is 17.4 Å². The van der Waals surface area contributed by atoms with Crippen molar-refractivity contribution in [2.24, 2.45) is 11.7 Å². The second-order valence-corrected chi connectivity index (χ2v) is 8.06. The highest BCUT2D eigenvalue weighted by molar-refractivity contribution is 5.80. The van der Waals surface area contributed by atoms with Gasteiger partial charge in [-0.2, -0.15) is 0 Å². The van der Waals surface area contributed by atoms with Gasteiger partial charge in [0.05, 0.1) is 5.92 Å². The van der Waals surface area contributed by atoms with Crippen LogP contribution in [-0.2, 0) is 4.79 Å². The number of hydrogen-bond acceptors (Lipinski definition) is 3. The monoisotopic (exact) mass is 307 g/mol. The second kappa shape index (κ2) is 6.88. The fourth-order valence-corrected chi connectivity index (χ4v) is 4.77. The molecule has 3 rings (SSSR count). The lowest BCUT2D eigenvalue weighted by molar-refractivity contribution is -0.129. The molecular weight excluding hydrogens is 274 g/mol. The molecule has 3 aliphatic rings. The standard InChI is InChI=1S/C18H33N3O/c1-18(19)11-5-4-8-16(18)17(22)20-14-9-12-21(13-10-14)15-6-2-3-7-15/h14-16H,2-13,19H2,1H3,(H,20,22). The molecule has 0 aromatic rings. The van der Waals surface area contributed by atoms with E-state index >= 15 is 0 Å². The van der Waals surface area contributed by atoms with E-state index in [0.29, 0.717) is 6.04 Å². The third kappa shape index (κ3) is 3.65. The SMILES string of the molecule is CC1(N)CCCCC1C(=O)NC1CCN(C2CCCC2)CC1. The number of rotatable bonds is 3. The van der Waals surface area contributed by atoms with Gasteiger partial charge < -0.3 is 16.0 Å². The first-order valence-electron chi connectivity index (χ1n) is 9.39. The van der Waals surface area contributed by atoms with Gasteiger partial charge in [-0.15, -0.1) is 0 Å². The van der Waals surface area contributed by atoms with Gasteiger partial charge in [-0.1, -0.05) is 25.7 Å². The average molecular weight is 307 g/mol. The summed E-state index contributed by atoms with van der Waals surface area (Å²) in [4.78, 5) is 15.3. The summed E-state index contributed by atoms with van der Waals surface area (Å²) in [7, 11) is 0. The van der Waals surface area contributed by atoms with Crippen molar-refractivity contribution < 1.29 is 4.79 Å². The van der Waals surface area contributed by atoms with Crippen LogP contribution in [0.3, 0.4) is 0 Å². The molecule has 1 amide bonds. The molecule has 0 spiro atoms. The third-order valence-electron chi connectivity index (χ3n) is 6.29. The van der Waals surface area contributed by atoms with Gasteiger partial charge >= 0.3 is 0 Å². The molecule has 4 nitrogen and oxygen atoms in total. The minimum atomic E-state index is -0.313. The van der Waals surface area contributed by atoms with E-state index in [4.69, 9.17) is 5.73 Å². The molecule has 0 bridgehead atoms. The number of nitrogens with one attached hydrogen (secondary N) is 1. The largest absolute Gasteiger partial charge is 0.353 e. The number of likely N-dealkylation sites (tertiary alicyclic amines) is 1. The molecule has 2 atom stereocenters. The number of nitrogens with zero attached hydrogens (tertiary/aromatic N) is 1. The summed E-state index contributed by atoms with van der Waals surface area (Å²) in [5.74, 6) is 0.220. The van der Waals surface area contributed by atoms with Crippen molar-refractivity contribution in [1.82, 2.24) is 10.2 Å². The molecule has 0 aromatic heterocycles. The van der Waals surface area contributed by atoms with Crippen LogP contribution in [0.25, 0.3) is 0 Å². The van der Waals surface area contributed by atoms with Gasteiger partial charge in [-0.3, -0.25) is 4.79 Å². The number of hydrogen-bond donors (Lipinski definition) is 2. The molecule has 3 fully saturated rings. The molecule has 0 radical (unpaired) electrons. The molecule has 1 saturated heterocycles.